The Bertz CT molecular complexity index is 2070. The number of benzene rings is 7. The largest absolute Gasteiger partial charge is 0.495 e. The van der Waals surface area contributed by atoms with Crippen molar-refractivity contribution in [3.63, 3.8) is 0 Å². The number of hydrogen-bond acceptors (Lipinski definition) is 3. The van der Waals surface area contributed by atoms with E-state index in [1.54, 1.807) is 0 Å². The predicted molar refractivity (Wildman–Crippen MR) is 186 cm³/mol. The summed E-state index contributed by atoms with van der Waals surface area (Å²) in [7, 11) is -0.409. The van der Waals surface area contributed by atoms with Crippen molar-refractivity contribution in [2.75, 3.05) is 4.90 Å². The van der Waals surface area contributed by atoms with Crippen LogP contribution in [-0.2, 0) is 9.31 Å². The predicted octanol–water partition coefficient (Wildman–Crippen LogP) is 10.0. The molecule has 4 heteroatoms. The molecule has 1 aliphatic heterocycles. The Hall–Kier alpha value is -4.64. The van der Waals surface area contributed by atoms with Gasteiger partial charge in [-0.3, -0.25) is 0 Å². The first-order valence-corrected chi connectivity index (χ1v) is 15.4. The van der Waals surface area contributed by atoms with E-state index in [2.05, 4.69) is 166 Å². The lowest BCUT2D eigenvalue weighted by Crippen LogP contribution is -2.41. The molecule has 0 N–H and O–H groups in total. The van der Waals surface area contributed by atoms with Gasteiger partial charge in [-0.25, -0.2) is 0 Å². The second-order valence-electron chi connectivity index (χ2n) is 12.8. The summed E-state index contributed by atoms with van der Waals surface area (Å²) < 4.78 is 13.0. The van der Waals surface area contributed by atoms with E-state index in [-0.39, 0.29) is 0 Å². The maximum absolute atomic E-state index is 6.50. The van der Waals surface area contributed by atoms with Crippen LogP contribution in [0.1, 0.15) is 27.7 Å². The van der Waals surface area contributed by atoms with Crippen LogP contribution in [0.3, 0.4) is 0 Å². The van der Waals surface area contributed by atoms with Crippen LogP contribution >= 0.6 is 0 Å². The van der Waals surface area contributed by atoms with Gasteiger partial charge in [0, 0.05) is 17.1 Å². The Balaban J connectivity index is 1.24. The number of rotatable bonds is 5. The zero-order valence-corrected chi connectivity index (χ0v) is 25.5. The highest BCUT2D eigenvalue weighted by molar-refractivity contribution is 6.65. The SMILES string of the molecule is CC1(C)OB(c2ccc3ccc4c(-c5ccc(N(c6ccccc6)c6ccccc6)cc5)ccc5ccc2c3c54)OC1(C)C. The van der Waals surface area contributed by atoms with Gasteiger partial charge in [0.15, 0.2) is 0 Å². The minimum Gasteiger partial charge on any atom is -0.399 e. The highest BCUT2D eigenvalue weighted by atomic mass is 16.7. The Morgan fingerprint density at radius 2 is 0.955 bits per heavy atom. The van der Waals surface area contributed by atoms with E-state index < -0.39 is 18.3 Å². The minimum absolute atomic E-state index is 0.391. The van der Waals surface area contributed by atoms with Gasteiger partial charge in [-0.2, -0.15) is 0 Å². The first-order valence-electron chi connectivity index (χ1n) is 15.4. The molecule has 0 unspecified atom stereocenters. The minimum atomic E-state index is -0.409. The average molecular weight is 572 g/mol. The summed E-state index contributed by atoms with van der Waals surface area (Å²) in [5.74, 6) is 0. The molecule has 0 atom stereocenters. The summed E-state index contributed by atoms with van der Waals surface area (Å²) in [6, 6.07) is 47.9. The molecule has 3 nitrogen and oxygen atoms in total. The third-order valence-electron chi connectivity index (χ3n) is 9.67. The van der Waals surface area contributed by atoms with Gasteiger partial charge in [-0.05, 0) is 113 Å². The van der Waals surface area contributed by atoms with Crippen molar-refractivity contribution in [1.29, 1.82) is 0 Å². The van der Waals surface area contributed by atoms with Gasteiger partial charge in [-0.15, -0.1) is 0 Å². The van der Waals surface area contributed by atoms with Gasteiger partial charge in [0.05, 0.1) is 11.2 Å². The normalized spacial score (nSPS) is 15.9. The fourth-order valence-corrected chi connectivity index (χ4v) is 6.64. The Morgan fingerprint density at radius 1 is 0.477 bits per heavy atom. The van der Waals surface area contributed by atoms with E-state index in [1.165, 1.54) is 43.4 Å². The molecule has 1 aliphatic rings. The van der Waals surface area contributed by atoms with E-state index in [4.69, 9.17) is 9.31 Å². The van der Waals surface area contributed by atoms with Crippen LogP contribution in [0.2, 0.25) is 0 Å². The molecule has 1 fully saturated rings. The Kier molecular flexibility index (Phi) is 6.10. The quantitative estimate of drug-likeness (QED) is 0.152. The standard InChI is InChI=1S/C40H34BNO2/c1-39(2)40(3,4)44-41(43-39)36-26-20-29-18-24-34-33(23-17-28-19-25-35(36)38(29)37(28)34)27-15-21-32(22-16-27)42(30-11-7-5-8-12-30)31-13-9-6-10-14-31/h5-26H,1-4H3. The topological polar surface area (TPSA) is 21.7 Å². The lowest BCUT2D eigenvalue weighted by Gasteiger charge is -2.32. The molecule has 0 amide bonds. The highest BCUT2D eigenvalue weighted by Crippen LogP contribution is 2.42. The van der Waals surface area contributed by atoms with Gasteiger partial charge < -0.3 is 14.2 Å². The summed E-state index contributed by atoms with van der Waals surface area (Å²) in [5, 5.41) is 7.46. The lowest BCUT2D eigenvalue weighted by atomic mass is 9.74. The molecule has 7 aromatic rings. The Morgan fingerprint density at radius 3 is 1.55 bits per heavy atom. The third kappa shape index (κ3) is 4.21. The van der Waals surface area contributed by atoms with Gasteiger partial charge in [0.25, 0.3) is 0 Å². The molecule has 8 rings (SSSR count). The van der Waals surface area contributed by atoms with Crippen molar-refractivity contribution in [2.24, 2.45) is 0 Å². The van der Waals surface area contributed by atoms with Crippen molar-refractivity contribution in [3.05, 3.63) is 133 Å². The average Bonchev–Trinajstić information content (AvgIpc) is 3.27. The molecule has 0 radical (unpaired) electrons. The monoisotopic (exact) mass is 571 g/mol. The fraction of sp³-hybridized carbons (Fsp3) is 0.150. The number of nitrogens with zero attached hydrogens (tertiary/aromatic N) is 1. The third-order valence-corrected chi connectivity index (χ3v) is 9.67. The van der Waals surface area contributed by atoms with Crippen LogP contribution in [0.25, 0.3) is 43.4 Å². The van der Waals surface area contributed by atoms with Crippen LogP contribution < -0.4 is 10.4 Å². The molecule has 44 heavy (non-hydrogen) atoms. The van der Waals surface area contributed by atoms with E-state index >= 15 is 0 Å². The van der Waals surface area contributed by atoms with Gasteiger partial charge in [-0.1, -0.05) is 97.1 Å². The molecule has 7 aromatic carbocycles. The lowest BCUT2D eigenvalue weighted by molar-refractivity contribution is 0.00578. The maximum atomic E-state index is 6.50. The second-order valence-corrected chi connectivity index (χ2v) is 12.8. The number of anilines is 3. The summed E-state index contributed by atoms with van der Waals surface area (Å²) in [6.07, 6.45) is 0. The van der Waals surface area contributed by atoms with Crippen molar-refractivity contribution in [3.8, 4) is 11.1 Å². The molecule has 0 spiro atoms. The molecular formula is C40H34BNO2. The summed E-state index contributed by atoms with van der Waals surface area (Å²) in [5.41, 5.74) is 6.11. The fourth-order valence-electron chi connectivity index (χ4n) is 6.64. The van der Waals surface area contributed by atoms with Gasteiger partial charge in [0.2, 0.25) is 0 Å². The zero-order chi connectivity index (χ0) is 30.1. The van der Waals surface area contributed by atoms with E-state index in [0.29, 0.717) is 0 Å². The van der Waals surface area contributed by atoms with Gasteiger partial charge in [0.1, 0.15) is 0 Å². The molecule has 0 aromatic heterocycles. The van der Waals surface area contributed by atoms with Crippen LogP contribution in [-0.4, -0.2) is 18.3 Å². The molecule has 0 aliphatic carbocycles. The summed E-state index contributed by atoms with van der Waals surface area (Å²) >= 11 is 0. The van der Waals surface area contributed by atoms with Crippen LogP contribution in [0.5, 0.6) is 0 Å². The van der Waals surface area contributed by atoms with Crippen LogP contribution in [0.4, 0.5) is 17.1 Å². The molecule has 214 valence electrons. The Labute approximate surface area is 259 Å². The summed E-state index contributed by atoms with van der Waals surface area (Å²) in [6.45, 7) is 8.44. The van der Waals surface area contributed by atoms with Crippen molar-refractivity contribution >= 4 is 62.0 Å². The molecule has 1 saturated heterocycles. The zero-order valence-electron chi connectivity index (χ0n) is 25.5. The van der Waals surface area contributed by atoms with E-state index in [1.807, 2.05) is 0 Å². The first kappa shape index (κ1) is 27.0. The molecule has 0 saturated carbocycles. The smallest absolute Gasteiger partial charge is 0.399 e. The molecular weight excluding hydrogens is 537 g/mol. The highest BCUT2D eigenvalue weighted by Gasteiger charge is 2.52. The number of para-hydroxylation sites is 2. The molecule has 0 bridgehead atoms. The van der Waals surface area contributed by atoms with Crippen molar-refractivity contribution in [2.45, 2.75) is 38.9 Å². The molecule has 1 heterocycles. The first-order chi connectivity index (χ1) is 21.3. The van der Waals surface area contributed by atoms with Crippen molar-refractivity contribution in [1.82, 2.24) is 0 Å². The second kappa shape index (κ2) is 9.95. The van der Waals surface area contributed by atoms with Crippen LogP contribution in [0, 0.1) is 0 Å². The van der Waals surface area contributed by atoms with E-state index in [0.717, 1.165) is 22.5 Å². The van der Waals surface area contributed by atoms with E-state index in [9.17, 15) is 0 Å². The maximum Gasteiger partial charge on any atom is 0.495 e. The summed E-state index contributed by atoms with van der Waals surface area (Å²) in [4.78, 5) is 2.30. The van der Waals surface area contributed by atoms with Crippen LogP contribution in [0.15, 0.2) is 133 Å². The van der Waals surface area contributed by atoms with Crippen molar-refractivity contribution < 1.29 is 9.31 Å². The number of hydrogen-bond donors (Lipinski definition) is 0. The van der Waals surface area contributed by atoms with Gasteiger partial charge >= 0.3 is 7.12 Å².